The predicted octanol–water partition coefficient (Wildman–Crippen LogP) is 10.3. The van der Waals surface area contributed by atoms with Gasteiger partial charge in [0.15, 0.2) is 0 Å². The molecule has 0 spiro atoms. The van der Waals surface area contributed by atoms with Crippen LogP contribution in [0.3, 0.4) is 0 Å². The summed E-state index contributed by atoms with van der Waals surface area (Å²) < 4.78 is 5.91. The van der Waals surface area contributed by atoms with Crippen molar-refractivity contribution >= 4 is 17.8 Å². The van der Waals surface area contributed by atoms with Gasteiger partial charge in [-0.15, -0.1) is 0 Å². The number of rotatable bonds is 34. The van der Waals surface area contributed by atoms with Gasteiger partial charge in [-0.25, -0.2) is 4.79 Å². The number of carboxylic acids is 1. The highest BCUT2D eigenvalue weighted by Crippen LogP contribution is 2.15. The van der Waals surface area contributed by atoms with Gasteiger partial charge in [0.25, 0.3) is 0 Å². The van der Waals surface area contributed by atoms with Crippen molar-refractivity contribution in [3.05, 3.63) is 36.5 Å². The van der Waals surface area contributed by atoms with Crippen LogP contribution in [0.1, 0.15) is 181 Å². The monoisotopic (exact) mass is 661 g/mol. The van der Waals surface area contributed by atoms with Gasteiger partial charge in [0.2, 0.25) is 5.91 Å². The van der Waals surface area contributed by atoms with Crippen LogP contribution in [0.2, 0.25) is 0 Å². The third-order valence-corrected chi connectivity index (χ3v) is 8.41. The average Bonchev–Trinajstić information content (AvgIpc) is 3.05. The third-order valence-electron chi connectivity index (χ3n) is 8.41. The number of carbonyl (C=O) groups excluding carboxylic acids is 2. The van der Waals surface area contributed by atoms with Gasteiger partial charge in [0.05, 0.1) is 0 Å². The average molecular weight is 661 g/mol. The fraction of sp³-hybridized carbons (Fsp3) is 0.775. The molecule has 2 atom stereocenters. The van der Waals surface area contributed by atoms with Crippen molar-refractivity contribution in [3.63, 3.8) is 0 Å². The molecular formula is C40H72N2O5. The number of carbonyl (C=O) groups is 3. The molecule has 7 nitrogen and oxygen atoms in total. The van der Waals surface area contributed by atoms with Crippen molar-refractivity contribution < 1.29 is 24.2 Å². The first-order valence-electron chi connectivity index (χ1n) is 19.3. The highest BCUT2D eigenvalue weighted by atomic mass is 16.5. The molecule has 0 aliphatic carbocycles. The van der Waals surface area contributed by atoms with Gasteiger partial charge >= 0.3 is 11.9 Å². The number of nitrogens with two attached hydrogens (primary N) is 1. The zero-order valence-corrected chi connectivity index (χ0v) is 30.4. The summed E-state index contributed by atoms with van der Waals surface area (Å²) in [5.41, 5.74) is 5.46. The summed E-state index contributed by atoms with van der Waals surface area (Å²) >= 11 is 0. The molecule has 272 valence electrons. The van der Waals surface area contributed by atoms with E-state index in [9.17, 15) is 19.5 Å². The molecule has 0 aliphatic rings. The van der Waals surface area contributed by atoms with E-state index in [0.717, 1.165) is 77.0 Å². The minimum Gasteiger partial charge on any atom is -0.480 e. The Morgan fingerprint density at radius 1 is 0.638 bits per heavy atom. The van der Waals surface area contributed by atoms with Crippen molar-refractivity contribution in [2.24, 2.45) is 5.73 Å². The van der Waals surface area contributed by atoms with Crippen LogP contribution in [0.15, 0.2) is 36.5 Å². The van der Waals surface area contributed by atoms with E-state index in [1.54, 1.807) is 0 Å². The molecule has 0 rings (SSSR count). The van der Waals surface area contributed by atoms with E-state index < -0.39 is 12.0 Å². The molecule has 4 N–H and O–H groups in total. The first-order chi connectivity index (χ1) is 22.9. The summed E-state index contributed by atoms with van der Waals surface area (Å²) in [6, 6.07) is -0.855. The Kier molecular flexibility index (Phi) is 33.1. The first kappa shape index (κ1) is 44.6. The van der Waals surface area contributed by atoms with Crippen LogP contribution in [-0.2, 0) is 19.1 Å². The molecule has 0 bridgehead atoms. The molecule has 47 heavy (non-hydrogen) atoms. The molecule has 0 saturated heterocycles. The van der Waals surface area contributed by atoms with Crippen LogP contribution < -0.4 is 11.1 Å². The number of esters is 1. The van der Waals surface area contributed by atoms with E-state index in [4.69, 9.17) is 10.5 Å². The van der Waals surface area contributed by atoms with Crippen LogP contribution >= 0.6 is 0 Å². The summed E-state index contributed by atoms with van der Waals surface area (Å²) in [7, 11) is 0. The second-order valence-electron chi connectivity index (χ2n) is 13.0. The Bertz CT molecular complexity index is 838. The van der Waals surface area contributed by atoms with Gasteiger partial charge in [-0.2, -0.15) is 0 Å². The standard InChI is InChI=1S/C40H72N2O5/c1-3-5-7-9-11-13-14-16-18-24-28-34-39(44)47-36(30-25-21-17-15-12-10-8-6-4-2)31-26-22-19-20-23-27-33-38(43)42-37(40(45)46)32-29-35-41/h9,11,15,17,25,30,36-37H,3-8,10,12-14,16,18-24,26-29,31-35,41H2,1-2H3,(H,42,43)(H,45,46)/b11-9-,17-15-,30-25-. The number of amides is 1. The molecule has 0 radical (unpaired) electrons. The topological polar surface area (TPSA) is 119 Å². The zero-order chi connectivity index (χ0) is 34.6. The van der Waals surface area contributed by atoms with Crippen LogP contribution in [-0.4, -0.2) is 41.6 Å². The quantitative estimate of drug-likeness (QED) is 0.0359. The van der Waals surface area contributed by atoms with E-state index in [2.05, 4.69) is 55.6 Å². The summed E-state index contributed by atoms with van der Waals surface area (Å²) in [6.45, 7) is 4.87. The van der Waals surface area contributed by atoms with Crippen molar-refractivity contribution in [2.75, 3.05) is 6.54 Å². The lowest BCUT2D eigenvalue weighted by atomic mass is 10.0. The van der Waals surface area contributed by atoms with Gasteiger partial charge in [-0.1, -0.05) is 121 Å². The van der Waals surface area contributed by atoms with E-state index in [-0.39, 0.29) is 18.0 Å². The molecule has 2 unspecified atom stereocenters. The normalized spacial score (nSPS) is 13.1. The van der Waals surface area contributed by atoms with Gasteiger partial charge in [0.1, 0.15) is 12.1 Å². The van der Waals surface area contributed by atoms with Gasteiger partial charge < -0.3 is 20.9 Å². The fourth-order valence-electron chi connectivity index (χ4n) is 5.44. The third kappa shape index (κ3) is 31.9. The molecule has 0 aromatic carbocycles. The fourth-order valence-corrected chi connectivity index (χ4v) is 5.44. The molecule has 0 aromatic rings. The zero-order valence-electron chi connectivity index (χ0n) is 30.4. The summed E-state index contributed by atoms with van der Waals surface area (Å²) in [6.07, 6.45) is 39.1. The second kappa shape index (κ2) is 34.9. The number of carboxylic acid groups (broad SMARTS) is 1. The lowest BCUT2D eigenvalue weighted by Crippen LogP contribution is -2.40. The number of allylic oxidation sites excluding steroid dienone is 5. The molecule has 0 heterocycles. The molecule has 1 amide bonds. The smallest absolute Gasteiger partial charge is 0.326 e. The molecule has 0 aliphatic heterocycles. The molecule has 0 saturated carbocycles. The second-order valence-corrected chi connectivity index (χ2v) is 13.0. The highest BCUT2D eigenvalue weighted by molar-refractivity contribution is 5.83. The Morgan fingerprint density at radius 3 is 1.83 bits per heavy atom. The van der Waals surface area contributed by atoms with Gasteiger partial charge in [-0.05, 0) is 89.7 Å². The SMILES string of the molecule is CCCC/C=C\CCCCCCCC(=O)OC(/C=C\C/C=C\CCCCCC)CCCCCCCCC(=O)NC(CCCN)C(=O)O. The maximum Gasteiger partial charge on any atom is 0.326 e. The van der Waals surface area contributed by atoms with Crippen LogP contribution in [0, 0.1) is 0 Å². The Balaban J connectivity index is 4.37. The number of nitrogens with one attached hydrogen (secondary N) is 1. The van der Waals surface area contributed by atoms with Crippen LogP contribution in [0.4, 0.5) is 0 Å². The number of hydrogen-bond acceptors (Lipinski definition) is 5. The van der Waals surface area contributed by atoms with Crippen molar-refractivity contribution in [1.29, 1.82) is 0 Å². The van der Waals surface area contributed by atoms with Crippen molar-refractivity contribution in [2.45, 2.75) is 193 Å². The molecule has 0 aromatic heterocycles. The summed E-state index contributed by atoms with van der Waals surface area (Å²) in [4.78, 5) is 36.1. The van der Waals surface area contributed by atoms with Gasteiger partial charge in [-0.3, -0.25) is 9.59 Å². The number of hydrogen-bond donors (Lipinski definition) is 3. The minimum absolute atomic E-state index is 0.0867. The molecular weight excluding hydrogens is 588 g/mol. The van der Waals surface area contributed by atoms with Crippen molar-refractivity contribution in [1.82, 2.24) is 5.32 Å². The highest BCUT2D eigenvalue weighted by Gasteiger charge is 2.18. The Hall–Kier alpha value is -2.41. The van der Waals surface area contributed by atoms with Crippen LogP contribution in [0.25, 0.3) is 0 Å². The maximum atomic E-state index is 12.6. The number of unbranched alkanes of at least 4 members (excludes halogenated alkanes) is 16. The van der Waals surface area contributed by atoms with Crippen LogP contribution in [0.5, 0.6) is 0 Å². The number of ether oxygens (including phenoxy) is 1. The minimum atomic E-state index is -1.01. The summed E-state index contributed by atoms with van der Waals surface area (Å²) in [5, 5.41) is 11.9. The Labute approximate surface area is 288 Å². The molecule has 7 heteroatoms. The lowest BCUT2D eigenvalue weighted by molar-refractivity contribution is -0.147. The Morgan fingerprint density at radius 2 is 1.19 bits per heavy atom. The maximum absolute atomic E-state index is 12.6. The lowest BCUT2D eigenvalue weighted by Gasteiger charge is -2.15. The van der Waals surface area contributed by atoms with E-state index in [0.29, 0.717) is 32.2 Å². The largest absolute Gasteiger partial charge is 0.480 e. The van der Waals surface area contributed by atoms with E-state index >= 15 is 0 Å². The first-order valence-corrected chi connectivity index (χ1v) is 19.3. The van der Waals surface area contributed by atoms with E-state index in [1.165, 1.54) is 64.2 Å². The van der Waals surface area contributed by atoms with Crippen molar-refractivity contribution in [3.8, 4) is 0 Å². The summed E-state index contributed by atoms with van der Waals surface area (Å²) in [5.74, 6) is -1.30. The van der Waals surface area contributed by atoms with E-state index in [1.807, 2.05) is 0 Å². The number of aliphatic carboxylic acids is 1. The van der Waals surface area contributed by atoms with Gasteiger partial charge in [0, 0.05) is 12.8 Å². The molecule has 0 fully saturated rings. The predicted molar refractivity (Wildman–Crippen MR) is 197 cm³/mol.